The molecule has 0 fully saturated rings. The summed E-state index contributed by atoms with van der Waals surface area (Å²) in [7, 11) is 0. The summed E-state index contributed by atoms with van der Waals surface area (Å²) < 4.78 is 0. The molecule has 0 amide bonds. The van der Waals surface area contributed by atoms with E-state index in [0.717, 1.165) is 16.3 Å². The maximum absolute atomic E-state index is 11.6. The van der Waals surface area contributed by atoms with Gasteiger partial charge in [-0.05, 0) is 22.8 Å². The molecule has 0 heterocycles. The smallest absolute Gasteiger partial charge is 0.872 e. The topological polar surface area (TPSA) is 23.1 Å². The van der Waals surface area contributed by atoms with Crippen LogP contribution >= 0.6 is 0 Å². The van der Waals surface area contributed by atoms with E-state index in [2.05, 4.69) is 6.58 Å². The van der Waals surface area contributed by atoms with Gasteiger partial charge in [-0.1, -0.05) is 42.5 Å². The van der Waals surface area contributed by atoms with Gasteiger partial charge in [-0.2, -0.15) is 0 Å². The molecule has 2 aromatic carbocycles. The van der Waals surface area contributed by atoms with Crippen LogP contribution in [-0.4, -0.2) is 0 Å². The van der Waals surface area contributed by atoms with Gasteiger partial charge in [0.25, 0.3) is 0 Å². The molecule has 0 unspecified atom stereocenters. The van der Waals surface area contributed by atoms with E-state index in [0.29, 0.717) is 6.42 Å². The fourth-order valence-electron chi connectivity index (χ4n) is 1.67. The second-order valence-electron chi connectivity index (χ2n) is 3.26. The molecule has 2 rings (SSSR count). The minimum Gasteiger partial charge on any atom is -0.872 e. The second kappa shape index (κ2) is 5.36. The molecule has 0 aromatic heterocycles. The maximum Gasteiger partial charge on any atom is 1.00 e. The van der Waals surface area contributed by atoms with E-state index in [1.165, 1.54) is 0 Å². The van der Waals surface area contributed by atoms with Crippen LogP contribution in [0, 0.1) is 0 Å². The SMILES string of the molecule is C=CCc1c([O-])ccc2ccccc12.[Na+]. The number of fused-ring (bicyclic) bond motifs is 1. The van der Waals surface area contributed by atoms with Crippen molar-refractivity contribution in [1.82, 2.24) is 0 Å². The molecule has 0 radical (unpaired) electrons. The van der Waals surface area contributed by atoms with E-state index in [1.54, 1.807) is 12.1 Å². The Kier molecular flexibility index (Phi) is 4.40. The monoisotopic (exact) mass is 206 g/mol. The van der Waals surface area contributed by atoms with E-state index in [9.17, 15) is 5.11 Å². The second-order valence-corrected chi connectivity index (χ2v) is 3.26. The summed E-state index contributed by atoms with van der Waals surface area (Å²) in [6.07, 6.45) is 2.41. The minimum atomic E-state index is 0. The number of rotatable bonds is 2. The first-order valence-corrected chi connectivity index (χ1v) is 4.61. The fraction of sp³-hybridized carbons (Fsp3) is 0.0769. The van der Waals surface area contributed by atoms with Crippen LogP contribution in [0.1, 0.15) is 5.56 Å². The first-order valence-electron chi connectivity index (χ1n) is 4.61. The molecule has 15 heavy (non-hydrogen) atoms. The standard InChI is InChI=1S/C13H12O.Na/c1-2-5-12-11-7-4-3-6-10(11)8-9-13(12)14;/h2-4,6-9,14H,1,5H2;/q;+1/p-1. The summed E-state index contributed by atoms with van der Waals surface area (Å²) in [6, 6.07) is 11.4. The van der Waals surface area contributed by atoms with Crippen molar-refractivity contribution in [2.24, 2.45) is 0 Å². The van der Waals surface area contributed by atoms with Crippen molar-refractivity contribution >= 4 is 10.8 Å². The fourth-order valence-corrected chi connectivity index (χ4v) is 1.67. The molecule has 0 N–H and O–H groups in total. The number of benzene rings is 2. The molecule has 0 saturated carbocycles. The van der Waals surface area contributed by atoms with Gasteiger partial charge in [0, 0.05) is 0 Å². The van der Waals surface area contributed by atoms with Gasteiger partial charge >= 0.3 is 29.6 Å². The Hall–Kier alpha value is -0.760. The van der Waals surface area contributed by atoms with Gasteiger partial charge in [-0.15, -0.1) is 12.3 Å². The average molecular weight is 206 g/mol. The van der Waals surface area contributed by atoms with Crippen LogP contribution in [0.5, 0.6) is 5.75 Å². The van der Waals surface area contributed by atoms with Crippen LogP contribution in [0.3, 0.4) is 0 Å². The molecule has 0 saturated heterocycles. The van der Waals surface area contributed by atoms with Crippen molar-refractivity contribution in [2.75, 3.05) is 0 Å². The molecule has 0 spiro atoms. The Morgan fingerprint density at radius 2 is 1.87 bits per heavy atom. The van der Waals surface area contributed by atoms with E-state index >= 15 is 0 Å². The van der Waals surface area contributed by atoms with Crippen LogP contribution in [0.2, 0.25) is 0 Å². The van der Waals surface area contributed by atoms with Crippen molar-refractivity contribution < 1.29 is 34.7 Å². The zero-order chi connectivity index (χ0) is 9.97. The third-order valence-corrected chi connectivity index (χ3v) is 2.35. The van der Waals surface area contributed by atoms with Gasteiger partial charge in [-0.25, -0.2) is 0 Å². The third-order valence-electron chi connectivity index (χ3n) is 2.35. The van der Waals surface area contributed by atoms with Gasteiger partial charge < -0.3 is 5.11 Å². The Morgan fingerprint density at radius 1 is 1.13 bits per heavy atom. The number of hydrogen-bond donors (Lipinski definition) is 0. The minimum absolute atomic E-state index is 0. The molecule has 1 nitrogen and oxygen atoms in total. The molecule has 0 aliphatic carbocycles. The van der Waals surface area contributed by atoms with Gasteiger partial charge in [0.2, 0.25) is 0 Å². The molecule has 2 heteroatoms. The van der Waals surface area contributed by atoms with Crippen molar-refractivity contribution in [2.45, 2.75) is 6.42 Å². The third kappa shape index (κ3) is 2.43. The molecular formula is C13H11NaO. The number of hydrogen-bond acceptors (Lipinski definition) is 1. The molecule has 70 valence electrons. The van der Waals surface area contributed by atoms with Gasteiger partial charge in [0.05, 0.1) is 0 Å². The molecule has 0 bridgehead atoms. The summed E-state index contributed by atoms with van der Waals surface area (Å²) in [4.78, 5) is 0. The van der Waals surface area contributed by atoms with E-state index in [1.807, 2.05) is 30.3 Å². The number of allylic oxidation sites excluding steroid dienone is 1. The molecule has 0 atom stereocenters. The summed E-state index contributed by atoms with van der Waals surface area (Å²) in [5.74, 6) is 0.101. The van der Waals surface area contributed by atoms with E-state index in [4.69, 9.17) is 0 Å². The summed E-state index contributed by atoms with van der Waals surface area (Å²) in [6.45, 7) is 3.66. The first-order chi connectivity index (χ1) is 6.83. The zero-order valence-electron chi connectivity index (χ0n) is 8.86. The van der Waals surface area contributed by atoms with Crippen LogP contribution in [0.25, 0.3) is 10.8 Å². The quantitative estimate of drug-likeness (QED) is 0.486. The van der Waals surface area contributed by atoms with Crippen molar-refractivity contribution in [3.63, 3.8) is 0 Å². The zero-order valence-corrected chi connectivity index (χ0v) is 10.9. The Morgan fingerprint density at radius 3 is 2.60 bits per heavy atom. The van der Waals surface area contributed by atoms with Gasteiger partial charge in [0.15, 0.2) is 0 Å². The summed E-state index contributed by atoms with van der Waals surface area (Å²) in [5, 5.41) is 13.7. The van der Waals surface area contributed by atoms with E-state index < -0.39 is 0 Å². The van der Waals surface area contributed by atoms with Gasteiger partial charge in [0.1, 0.15) is 0 Å². The van der Waals surface area contributed by atoms with Crippen molar-refractivity contribution in [3.05, 3.63) is 54.6 Å². The molecule has 2 aromatic rings. The van der Waals surface area contributed by atoms with E-state index in [-0.39, 0.29) is 35.3 Å². The van der Waals surface area contributed by atoms with Crippen LogP contribution in [0.15, 0.2) is 49.1 Å². The van der Waals surface area contributed by atoms with Crippen LogP contribution in [-0.2, 0) is 6.42 Å². The predicted octanol–water partition coefficient (Wildman–Crippen LogP) is -0.354. The summed E-state index contributed by atoms with van der Waals surface area (Å²) >= 11 is 0. The van der Waals surface area contributed by atoms with Gasteiger partial charge in [-0.3, -0.25) is 0 Å². The first kappa shape index (κ1) is 12.3. The average Bonchev–Trinajstić information content (AvgIpc) is 2.23. The van der Waals surface area contributed by atoms with Crippen LogP contribution in [0.4, 0.5) is 0 Å². The maximum atomic E-state index is 11.6. The molecule has 0 aliphatic rings. The Labute approximate surface area is 112 Å². The molecule has 0 aliphatic heterocycles. The Balaban J connectivity index is 0.00000112. The van der Waals surface area contributed by atoms with Crippen molar-refractivity contribution in [3.8, 4) is 5.75 Å². The summed E-state index contributed by atoms with van der Waals surface area (Å²) in [5.41, 5.74) is 0.845. The Bertz CT molecular complexity index is 477. The van der Waals surface area contributed by atoms with Crippen molar-refractivity contribution in [1.29, 1.82) is 0 Å². The normalized spacial score (nSPS) is 9.60. The largest absolute Gasteiger partial charge is 1.00 e. The predicted molar refractivity (Wildman–Crippen MR) is 57.3 cm³/mol. The molecular weight excluding hydrogens is 195 g/mol. The van der Waals surface area contributed by atoms with Crippen LogP contribution < -0.4 is 34.7 Å².